The van der Waals surface area contributed by atoms with Gasteiger partial charge in [-0.05, 0) is 49.9 Å². The van der Waals surface area contributed by atoms with Crippen molar-refractivity contribution in [1.29, 1.82) is 0 Å². The second kappa shape index (κ2) is 7.40. The first kappa shape index (κ1) is 18.1. The van der Waals surface area contributed by atoms with Crippen molar-refractivity contribution < 1.29 is 13.2 Å². The van der Waals surface area contributed by atoms with Crippen molar-refractivity contribution in [3.63, 3.8) is 0 Å². The average Bonchev–Trinajstić information content (AvgIpc) is 3.43. The van der Waals surface area contributed by atoms with Gasteiger partial charge in [0.15, 0.2) is 5.82 Å². The Bertz CT molecular complexity index is 932. The third-order valence-electron chi connectivity index (χ3n) is 4.92. The average molecular weight is 389 g/mol. The lowest BCUT2D eigenvalue weighted by atomic mass is 10.2. The summed E-state index contributed by atoms with van der Waals surface area (Å²) in [6.45, 7) is 1.18. The Kier molecular flexibility index (Phi) is 4.96. The maximum absolute atomic E-state index is 12.4. The number of sulfonamides is 1. The van der Waals surface area contributed by atoms with Crippen LogP contribution in [0.4, 0.5) is 0 Å². The molecule has 1 amide bonds. The van der Waals surface area contributed by atoms with E-state index in [1.165, 1.54) is 30.7 Å². The van der Waals surface area contributed by atoms with Crippen LogP contribution in [0.2, 0.25) is 0 Å². The van der Waals surface area contributed by atoms with Gasteiger partial charge in [-0.2, -0.15) is 0 Å². The van der Waals surface area contributed by atoms with E-state index in [2.05, 4.69) is 24.8 Å². The number of aryl methyl sites for hydroxylation is 1. The molecule has 1 saturated carbocycles. The number of rotatable bonds is 6. The quantitative estimate of drug-likeness (QED) is 0.776. The van der Waals surface area contributed by atoms with Gasteiger partial charge in [-0.15, -0.1) is 10.2 Å². The molecule has 0 bridgehead atoms. The maximum atomic E-state index is 12.4. The lowest BCUT2D eigenvalue weighted by molar-refractivity contribution is 0.0949. The van der Waals surface area contributed by atoms with E-state index in [4.69, 9.17) is 0 Å². The highest BCUT2D eigenvalue weighted by Crippen LogP contribution is 2.22. The predicted molar refractivity (Wildman–Crippen MR) is 98.5 cm³/mol. The second-order valence-electron chi connectivity index (χ2n) is 7.10. The number of fused-ring (bicyclic) bond motifs is 1. The number of amides is 1. The molecule has 0 spiro atoms. The van der Waals surface area contributed by atoms with Crippen molar-refractivity contribution >= 4 is 15.9 Å². The molecule has 2 aliphatic rings. The molecule has 1 aliphatic carbocycles. The van der Waals surface area contributed by atoms with Gasteiger partial charge in [0.05, 0.1) is 11.4 Å². The summed E-state index contributed by atoms with van der Waals surface area (Å²) in [5.74, 6) is 1.47. The van der Waals surface area contributed by atoms with Crippen LogP contribution in [-0.2, 0) is 29.5 Å². The minimum atomic E-state index is -3.50. The zero-order valence-corrected chi connectivity index (χ0v) is 15.8. The monoisotopic (exact) mass is 389 g/mol. The molecule has 0 atom stereocenters. The smallest absolute Gasteiger partial charge is 0.251 e. The highest BCUT2D eigenvalue weighted by molar-refractivity contribution is 7.89. The summed E-state index contributed by atoms with van der Waals surface area (Å²) in [5, 5.41) is 11.3. The van der Waals surface area contributed by atoms with Crippen molar-refractivity contribution in [2.75, 3.05) is 0 Å². The van der Waals surface area contributed by atoms with Crippen LogP contribution >= 0.6 is 0 Å². The predicted octanol–water partition coefficient (Wildman–Crippen LogP) is 1.38. The molecule has 0 radical (unpaired) electrons. The Morgan fingerprint density at radius 2 is 1.89 bits per heavy atom. The van der Waals surface area contributed by atoms with Crippen LogP contribution < -0.4 is 10.0 Å². The minimum absolute atomic E-state index is 0.0521. The molecule has 2 N–H and O–H groups in total. The third kappa shape index (κ3) is 4.19. The lowest BCUT2D eigenvalue weighted by Gasteiger charge is -2.09. The first-order valence-corrected chi connectivity index (χ1v) is 10.8. The molecule has 1 aromatic heterocycles. The highest BCUT2D eigenvalue weighted by atomic mass is 32.2. The van der Waals surface area contributed by atoms with Gasteiger partial charge in [0.1, 0.15) is 5.82 Å². The van der Waals surface area contributed by atoms with E-state index in [0.29, 0.717) is 12.1 Å². The van der Waals surface area contributed by atoms with Gasteiger partial charge in [-0.25, -0.2) is 13.1 Å². The largest absolute Gasteiger partial charge is 0.345 e. The molecule has 4 rings (SSSR count). The Balaban J connectivity index is 1.39. The summed E-state index contributed by atoms with van der Waals surface area (Å²) in [6, 6.07) is 6.03. The molecule has 0 saturated heterocycles. The topological polar surface area (TPSA) is 106 Å². The molecule has 1 aromatic carbocycles. The van der Waals surface area contributed by atoms with E-state index in [9.17, 15) is 13.2 Å². The van der Waals surface area contributed by atoms with Crippen molar-refractivity contribution in [3.05, 3.63) is 41.5 Å². The maximum Gasteiger partial charge on any atom is 0.251 e. The molecule has 9 heteroatoms. The van der Waals surface area contributed by atoms with Crippen molar-refractivity contribution in [1.82, 2.24) is 24.8 Å². The van der Waals surface area contributed by atoms with E-state index in [0.717, 1.165) is 50.3 Å². The highest BCUT2D eigenvalue weighted by Gasteiger charge is 2.28. The molecule has 8 nitrogen and oxygen atoms in total. The van der Waals surface area contributed by atoms with Crippen LogP contribution in [0.5, 0.6) is 0 Å². The molecule has 1 aliphatic heterocycles. The normalized spacial score (nSPS) is 17.2. The van der Waals surface area contributed by atoms with Crippen LogP contribution in [0.3, 0.4) is 0 Å². The van der Waals surface area contributed by atoms with E-state index in [-0.39, 0.29) is 16.8 Å². The van der Waals surface area contributed by atoms with E-state index < -0.39 is 10.0 Å². The van der Waals surface area contributed by atoms with E-state index in [1.54, 1.807) is 0 Å². The fourth-order valence-electron chi connectivity index (χ4n) is 3.21. The molecular weight excluding hydrogens is 366 g/mol. The third-order valence-corrected chi connectivity index (χ3v) is 6.46. The first-order chi connectivity index (χ1) is 13.0. The summed E-state index contributed by atoms with van der Waals surface area (Å²) < 4.78 is 29.1. The first-order valence-electron chi connectivity index (χ1n) is 9.34. The minimum Gasteiger partial charge on any atom is -0.345 e. The Labute approximate surface area is 158 Å². The number of carbonyl (C=O) groups excluding carboxylic acids is 1. The molecule has 0 unspecified atom stereocenters. The van der Waals surface area contributed by atoms with Gasteiger partial charge in [0.25, 0.3) is 5.91 Å². The van der Waals surface area contributed by atoms with Gasteiger partial charge >= 0.3 is 0 Å². The van der Waals surface area contributed by atoms with Gasteiger partial charge in [0, 0.05) is 24.6 Å². The van der Waals surface area contributed by atoms with Gasteiger partial charge in [-0.1, -0.05) is 6.42 Å². The summed E-state index contributed by atoms with van der Waals surface area (Å²) in [6.07, 6.45) is 6.08. The zero-order chi connectivity index (χ0) is 18.9. The lowest BCUT2D eigenvalue weighted by Crippen LogP contribution is -2.26. The molecule has 1 fully saturated rings. The summed E-state index contributed by atoms with van der Waals surface area (Å²) in [4.78, 5) is 12.6. The Hall–Kier alpha value is -2.26. The van der Waals surface area contributed by atoms with Crippen LogP contribution in [0.15, 0.2) is 29.2 Å². The summed E-state index contributed by atoms with van der Waals surface area (Å²) in [5.41, 5.74) is 0.413. The van der Waals surface area contributed by atoms with Gasteiger partial charge in [0.2, 0.25) is 10.0 Å². The number of aromatic nitrogens is 3. The molecule has 144 valence electrons. The number of nitrogens with one attached hydrogen (secondary N) is 2. The fraction of sp³-hybridized carbons (Fsp3) is 0.500. The number of benzene rings is 1. The van der Waals surface area contributed by atoms with Crippen molar-refractivity contribution in [2.45, 2.75) is 62.6 Å². The number of carbonyl (C=O) groups is 1. The second-order valence-corrected chi connectivity index (χ2v) is 8.81. The Morgan fingerprint density at radius 1 is 1.11 bits per heavy atom. The van der Waals surface area contributed by atoms with Gasteiger partial charge < -0.3 is 9.88 Å². The van der Waals surface area contributed by atoms with Crippen LogP contribution in [0, 0.1) is 0 Å². The van der Waals surface area contributed by atoms with E-state index in [1.807, 2.05) is 0 Å². The number of nitrogens with zero attached hydrogens (tertiary/aromatic N) is 3. The zero-order valence-electron chi connectivity index (χ0n) is 15.0. The fourth-order valence-corrected chi connectivity index (χ4v) is 4.52. The number of hydrogen-bond acceptors (Lipinski definition) is 5. The SMILES string of the molecule is O=C(NCc1nnc2n1CCCCC2)c1ccc(S(=O)(=O)NC2CC2)cc1. The van der Waals surface area contributed by atoms with Crippen molar-refractivity contribution in [2.24, 2.45) is 0 Å². The van der Waals surface area contributed by atoms with Gasteiger partial charge in [-0.3, -0.25) is 4.79 Å². The van der Waals surface area contributed by atoms with Crippen molar-refractivity contribution in [3.8, 4) is 0 Å². The Morgan fingerprint density at radius 3 is 2.63 bits per heavy atom. The standard InChI is InChI=1S/C18H23N5O3S/c24-18(19-12-17-21-20-16-4-2-1-3-11-23(16)17)13-5-9-15(10-6-13)27(25,26)22-14-7-8-14/h5-6,9-10,14,22H,1-4,7-8,11-12H2,(H,19,24). The molecule has 2 heterocycles. The molecule has 2 aromatic rings. The number of hydrogen-bond donors (Lipinski definition) is 2. The van der Waals surface area contributed by atoms with Crippen LogP contribution in [0.1, 0.15) is 54.1 Å². The van der Waals surface area contributed by atoms with Crippen LogP contribution in [0.25, 0.3) is 0 Å². The molecule has 27 heavy (non-hydrogen) atoms. The summed E-state index contributed by atoms with van der Waals surface area (Å²) >= 11 is 0. The van der Waals surface area contributed by atoms with E-state index >= 15 is 0 Å². The van der Waals surface area contributed by atoms with Crippen LogP contribution in [-0.4, -0.2) is 35.1 Å². The summed E-state index contributed by atoms with van der Waals surface area (Å²) in [7, 11) is -3.50. The molecular formula is C18H23N5O3S.